The lowest BCUT2D eigenvalue weighted by Gasteiger charge is -2.19. The predicted octanol–water partition coefficient (Wildman–Crippen LogP) is 3.80. The Balaban J connectivity index is 2.63. The molecule has 0 radical (unpaired) electrons. The number of ether oxygens (including phenoxy) is 1. The molecule has 2 nitrogen and oxygen atoms in total. The van der Waals surface area contributed by atoms with Gasteiger partial charge in [0.2, 0.25) is 0 Å². The molecule has 1 heterocycles. The van der Waals surface area contributed by atoms with Crippen molar-refractivity contribution in [3.05, 3.63) is 34.2 Å². The van der Waals surface area contributed by atoms with Gasteiger partial charge in [-0.15, -0.1) is 11.3 Å². The Morgan fingerprint density at radius 2 is 2.00 bits per heavy atom. The molecule has 0 aliphatic carbocycles. The number of rotatable bonds is 3. The van der Waals surface area contributed by atoms with E-state index in [1.165, 1.54) is 26.1 Å². The van der Waals surface area contributed by atoms with E-state index in [-0.39, 0.29) is 5.41 Å². The monoisotopic (exact) mass is 263 g/mol. The van der Waals surface area contributed by atoms with Gasteiger partial charge in [0, 0.05) is 28.8 Å². The Morgan fingerprint density at radius 3 is 2.56 bits per heavy atom. The summed E-state index contributed by atoms with van der Waals surface area (Å²) in [6.45, 7) is 7.93. The third kappa shape index (κ3) is 2.44. The van der Waals surface area contributed by atoms with Crippen LogP contribution in [0.15, 0.2) is 18.2 Å². The molecule has 2 rings (SSSR count). The number of thiophene rings is 1. The van der Waals surface area contributed by atoms with Crippen molar-refractivity contribution in [2.75, 3.05) is 7.11 Å². The molecule has 3 heteroatoms. The Bertz CT molecular complexity index is 551. The molecule has 0 saturated heterocycles. The highest BCUT2D eigenvalue weighted by molar-refractivity contribution is 7.19. The summed E-state index contributed by atoms with van der Waals surface area (Å²) in [7, 11) is 1.73. The number of fused-ring (bicyclic) bond motifs is 1. The zero-order valence-electron chi connectivity index (χ0n) is 11.5. The maximum atomic E-state index is 5.82. The van der Waals surface area contributed by atoms with Crippen LogP contribution in [0.4, 0.5) is 0 Å². The molecule has 0 aliphatic heterocycles. The van der Waals surface area contributed by atoms with Crippen molar-refractivity contribution in [3.63, 3.8) is 0 Å². The summed E-state index contributed by atoms with van der Waals surface area (Å²) in [4.78, 5) is 1.23. The first-order valence-electron chi connectivity index (χ1n) is 6.21. The van der Waals surface area contributed by atoms with Crippen LogP contribution in [0, 0.1) is 0 Å². The molecule has 2 N–H and O–H groups in total. The fourth-order valence-corrected chi connectivity index (χ4v) is 3.20. The summed E-state index contributed by atoms with van der Waals surface area (Å²) < 4.78 is 6.61. The average Bonchev–Trinajstić information content (AvgIpc) is 2.66. The van der Waals surface area contributed by atoms with Gasteiger partial charge in [0.1, 0.15) is 0 Å². The number of methoxy groups -OCH3 is 1. The molecule has 0 fully saturated rings. The number of hydrogen-bond acceptors (Lipinski definition) is 3. The maximum absolute atomic E-state index is 5.82. The van der Waals surface area contributed by atoms with Gasteiger partial charge in [-0.1, -0.05) is 26.8 Å². The SMILES string of the molecule is COCc1c(CN)sc2ccc(C(C)(C)C)cc12. The van der Waals surface area contributed by atoms with Crippen LogP contribution in [0.3, 0.4) is 0 Å². The van der Waals surface area contributed by atoms with E-state index >= 15 is 0 Å². The van der Waals surface area contributed by atoms with Crippen LogP contribution < -0.4 is 5.73 Å². The second-order valence-corrected chi connectivity index (χ2v) is 6.74. The van der Waals surface area contributed by atoms with Crippen molar-refractivity contribution in [2.24, 2.45) is 5.73 Å². The highest BCUT2D eigenvalue weighted by Crippen LogP contribution is 2.35. The normalized spacial score (nSPS) is 12.3. The maximum Gasteiger partial charge on any atom is 0.0730 e. The van der Waals surface area contributed by atoms with Crippen molar-refractivity contribution in [3.8, 4) is 0 Å². The van der Waals surface area contributed by atoms with E-state index in [1.807, 2.05) is 0 Å². The molecule has 1 aromatic carbocycles. The van der Waals surface area contributed by atoms with E-state index in [2.05, 4.69) is 39.0 Å². The first-order chi connectivity index (χ1) is 8.47. The van der Waals surface area contributed by atoms with E-state index in [9.17, 15) is 0 Å². The fourth-order valence-electron chi connectivity index (χ4n) is 2.13. The van der Waals surface area contributed by atoms with Gasteiger partial charge < -0.3 is 10.5 Å². The minimum Gasteiger partial charge on any atom is -0.380 e. The molecule has 0 unspecified atom stereocenters. The van der Waals surface area contributed by atoms with Gasteiger partial charge in [0.15, 0.2) is 0 Å². The van der Waals surface area contributed by atoms with Crippen LogP contribution >= 0.6 is 11.3 Å². The summed E-state index contributed by atoms with van der Waals surface area (Å²) in [6.07, 6.45) is 0. The highest BCUT2D eigenvalue weighted by atomic mass is 32.1. The second kappa shape index (κ2) is 5.00. The zero-order valence-corrected chi connectivity index (χ0v) is 12.4. The van der Waals surface area contributed by atoms with E-state index < -0.39 is 0 Å². The summed E-state index contributed by atoms with van der Waals surface area (Å²) in [5, 5.41) is 1.30. The quantitative estimate of drug-likeness (QED) is 0.914. The zero-order chi connectivity index (χ0) is 13.3. The fraction of sp³-hybridized carbons (Fsp3) is 0.467. The molecule has 0 spiro atoms. The van der Waals surface area contributed by atoms with E-state index in [0.29, 0.717) is 13.2 Å². The second-order valence-electron chi connectivity index (χ2n) is 5.60. The lowest BCUT2D eigenvalue weighted by molar-refractivity contribution is 0.185. The summed E-state index contributed by atoms with van der Waals surface area (Å²) in [6, 6.07) is 6.72. The molecule has 18 heavy (non-hydrogen) atoms. The molecule has 0 aliphatic rings. The van der Waals surface area contributed by atoms with Crippen LogP contribution in [-0.2, 0) is 23.3 Å². The van der Waals surface area contributed by atoms with Gasteiger partial charge in [-0.05, 0) is 28.5 Å². The van der Waals surface area contributed by atoms with Crippen LogP contribution in [0.1, 0.15) is 36.8 Å². The Hall–Kier alpha value is -0.900. The minimum absolute atomic E-state index is 0.170. The highest BCUT2D eigenvalue weighted by Gasteiger charge is 2.17. The van der Waals surface area contributed by atoms with Gasteiger partial charge in [-0.3, -0.25) is 0 Å². The molecule has 0 bridgehead atoms. The van der Waals surface area contributed by atoms with Crippen LogP contribution in [-0.4, -0.2) is 7.11 Å². The van der Waals surface area contributed by atoms with Crippen molar-refractivity contribution < 1.29 is 4.74 Å². The summed E-state index contributed by atoms with van der Waals surface area (Å²) >= 11 is 1.78. The third-order valence-corrected chi connectivity index (χ3v) is 4.45. The third-order valence-electron chi connectivity index (χ3n) is 3.21. The number of benzene rings is 1. The summed E-state index contributed by atoms with van der Waals surface area (Å²) in [5.41, 5.74) is 8.60. The predicted molar refractivity (Wildman–Crippen MR) is 79.1 cm³/mol. The molecule has 0 saturated carbocycles. The van der Waals surface area contributed by atoms with Crippen molar-refractivity contribution in [1.29, 1.82) is 0 Å². The molecule has 0 atom stereocenters. The smallest absolute Gasteiger partial charge is 0.0730 e. The Kier molecular flexibility index (Phi) is 3.76. The van der Waals surface area contributed by atoms with Gasteiger partial charge in [0.25, 0.3) is 0 Å². The van der Waals surface area contributed by atoms with Crippen LogP contribution in [0.2, 0.25) is 0 Å². The number of nitrogens with two attached hydrogens (primary N) is 1. The van der Waals surface area contributed by atoms with Gasteiger partial charge in [-0.2, -0.15) is 0 Å². The Labute approximate surface area is 113 Å². The van der Waals surface area contributed by atoms with Gasteiger partial charge in [-0.25, -0.2) is 0 Å². The van der Waals surface area contributed by atoms with E-state index in [1.54, 1.807) is 18.4 Å². The standard InChI is InChI=1S/C15H21NOS/c1-15(2,3)10-5-6-13-11(7-10)12(9-17-4)14(8-16)18-13/h5-7H,8-9,16H2,1-4H3. The largest absolute Gasteiger partial charge is 0.380 e. The average molecular weight is 263 g/mol. The lowest BCUT2D eigenvalue weighted by Crippen LogP contribution is -2.10. The van der Waals surface area contributed by atoms with Crippen molar-refractivity contribution in [2.45, 2.75) is 39.3 Å². The first kappa shape index (κ1) is 13.5. The molecular formula is C15H21NOS. The molecular weight excluding hydrogens is 242 g/mol. The molecule has 98 valence electrons. The van der Waals surface area contributed by atoms with Crippen molar-refractivity contribution >= 4 is 21.4 Å². The summed E-state index contributed by atoms with van der Waals surface area (Å²) in [5.74, 6) is 0. The minimum atomic E-state index is 0.170. The topological polar surface area (TPSA) is 35.2 Å². The van der Waals surface area contributed by atoms with E-state index in [4.69, 9.17) is 10.5 Å². The van der Waals surface area contributed by atoms with E-state index in [0.717, 1.165) is 0 Å². The molecule has 0 amide bonds. The van der Waals surface area contributed by atoms with Gasteiger partial charge >= 0.3 is 0 Å². The first-order valence-corrected chi connectivity index (χ1v) is 7.03. The van der Waals surface area contributed by atoms with Crippen LogP contribution in [0.25, 0.3) is 10.1 Å². The molecule has 2 aromatic rings. The van der Waals surface area contributed by atoms with Crippen LogP contribution in [0.5, 0.6) is 0 Å². The Morgan fingerprint density at radius 1 is 1.28 bits per heavy atom. The van der Waals surface area contributed by atoms with Crippen molar-refractivity contribution in [1.82, 2.24) is 0 Å². The molecule has 1 aromatic heterocycles. The lowest BCUT2D eigenvalue weighted by atomic mass is 9.86. The van der Waals surface area contributed by atoms with Gasteiger partial charge in [0.05, 0.1) is 6.61 Å². The number of hydrogen-bond donors (Lipinski definition) is 1.